The number of rotatable bonds is 2. The molecule has 144 valence electrons. The first-order valence-electron chi connectivity index (χ1n) is 9.59. The van der Waals surface area contributed by atoms with E-state index in [2.05, 4.69) is 38.4 Å². The van der Waals surface area contributed by atoms with Gasteiger partial charge in [-0.05, 0) is 32.0 Å². The number of carbonyl (C=O) groups is 1. The summed E-state index contributed by atoms with van der Waals surface area (Å²) in [5.41, 5.74) is 2.79. The summed E-state index contributed by atoms with van der Waals surface area (Å²) in [4.78, 5) is 26.1. The molecule has 2 atom stereocenters. The Morgan fingerprint density at radius 3 is 2.54 bits per heavy atom. The molecule has 8 nitrogen and oxygen atoms in total. The van der Waals surface area contributed by atoms with Crippen LogP contribution in [0.1, 0.15) is 12.8 Å². The number of aromatic nitrogens is 4. The predicted octanol–water partition coefficient (Wildman–Crippen LogP) is 2.34. The summed E-state index contributed by atoms with van der Waals surface area (Å²) in [7, 11) is 4.01. The molecule has 3 aromatic rings. The topological polar surface area (TPSA) is 79.2 Å². The molecular weight excluding hydrogens is 354 g/mol. The quantitative estimate of drug-likeness (QED) is 0.742. The first kappa shape index (κ1) is 17.1. The Morgan fingerprint density at radius 2 is 1.82 bits per heavy atom. The lowest BCUT2D eigenvalue weighted by molar-refractivity contribution is 0.111. The molecule has 2 fully saturated rings. The average molecular weight is 377 g/mol. The first-order chi connectivity index (χ1) is 13.6. The third kappa shape index (κ3) is 2.99. The number of pyridine rings is 2. The van der Waals surface area contributed by atoms with Crippen molar-refractivity contribution >= 4 is 22.8 Å². The fraction of sp³-hybridized carbons (Fsp3) is 0.400. The number of fused-ring (bicyclic) bond motifs is 3. The second kappa shape index (κ2) is 6.56. The molecular formula is C20H23N7O. The molecule has 2 aliphatic heterocycles. The monoisotopic (exact) mass is 377 g/mol. The third-order valence-electron chi connectivity index (χ3n) is 5.74. The zero-order chi connectivity index (χ0) is 19.3. The summed E-state index contributed by atoms with van der Waals surface area (Å²) in [5.74, 6) is 0.556. The van der Waals surface area contributed by atoms with Crippen LogP contribution in [0.4, 0.5) is 10.6 Å². The Bertz CT molecular complexity index is 1030. The summed E-state index contributed by atoms with van der Waals surface area (Å²) >= 11 is 0. The van der Waals surface area contributed by atoms with Gasteiger partial charge >= 0.3 is 6.03 Å². The van der Waals surface area contributed by atoms with Crippen LogP contribution in [-0.2, 0) is 7.05 Å². The number of likely N-dealkylation sites (tertiary alicyclic amines) is 1. The number of carbonyl (C=O) groups excluding carboxylic acids is 1. The van der Waals surface area contributed by atoms with Crippen LogP contribution in [0.25, 0.3) is 22.0 Å². The normalized spacial score (nSPS) is 22.0. The Kier molecular flexibility index (Phi) is 4.01. The highest BCUT2D eigenvalue weighted by Crippen LogP contribution is 2.30. The highest BCUT2D eigenvalue weighted by atomic mass is 16.2. The zero-order valence-corrected chi connectivity index (χ0v) is 16.0. The van der Waals surface area contributed by atoms with Crippen molar-refractivity contribution in [2.75, 3.05) is 25.5 Å². The van der Waals surface area contributed by atoms with Crippen LogP contribution in [0, 0.1) is 0 Å². The molecule has 0 aliphatic carbocycles. The lowest BCUT2D eigenvalue weighted by atomic mass is 10.1. The number of piperazine rings is 1. The van der Waals surface area contributed by atoms with Crippen LogP contribution < -0.4 is 5.32 Å². The van der Waals surface area contributed by atoms with Gasteiger partial charge in [0.05, 0.1) is 17.9 Å². The fourth-order valence-corrected chi connectivity index (χ4v) is 4.45. The van der Waals surface area contributed by atoms with Gasteiger partial charge in [0.15, 0.2) is 0 Å². The molecule has 1 N–H and O–H groups in total. The molecule has 2 amide bonds. The molecule has 5 rings (SSSR count). The Morgan fingerprint density at radius 1 is 1.04 bits per heavy atom. The number of aryl methyl sites for hydroxylation is 1. The van der Waals surface area contributed by atoms with Crippen LogP contribution in [-0.4, -0.2) is 67.8 Å². The standard InChI is InChI=1S/C20H23N7O/c1-25-11-16-3-4-17(12-25)27(16)20(28)24-19-6-13-5-14(7-21-18(13)9-22-19)15-8-23-26(2)10-15/h5-10,16-17H,3-4,11-12H2,1-2H3,(H,22,24,28). The number of anilines is 1. The van der Waals surface area contributed by atoms with E-state index < -0.39 is 0 Å². The molecule has 3 aromatic heterocycles. The molecule has 0 radical (unpaired) electrons. The molecule has 28 heavy (non-hydrogen) atoms. The molecule has 8 heteroatoms. The maximum Gasteiger partial charge on any atom is 0.323 e. The smallest absolute Gasteiger partial charge is 0.316 e. The second-order valence-electron chi connectivity index (χ2n) is 7.83. The van der Waals surface area contributed by atoms with Crippen LogP contribution in [0.3, 0.4) is 0 Å². The van der Waals surface area contributed by atoms with Crippen molar-refractivity contribution in [3.8, 4) is 11.1 Å². The van der Waals surface area contributed by atoms with Crippen molar-refractivity contribution in [3.05, 3.63) is 36.9 Å². The van der Waals surface area contributed by atoms with Gasteiger partial charge in [0.25, 0.3) is 0 Å². The van der Waals surface area contributed by atoms with E-state index in [9.17, 15) is 4.79 Å². The van der Waals surface area contributed by atoms with Crippen LogP contribution >= 0.6 is 0 Å². The van der Waals surface area contributed by atoms with Crippen molar-refractivity contribution in [3.63, 3.8) is 0 Å². The fourth-order valence-electron chi connectivity index (χ4n) is 4.45. The zero-order valence-electron chi connectivity index (χ0n) is 16.0. The van der Waals surface area contributed by atoms with E-state index in [0.717, 1.165) is 48.0 Å². The Balaban J connectivity index is 1.39. The number of nitrogens with zero attached hydrogens (tertiary/aromatic N) is 6. The Labute approximate surface area is 163 Å². The van der Waals surface area contributed by atoms with E-state index in [0.29, 0.717) is 17.9 Å². The van der Waals surface area contributed by atoms with Gasteiger partial charge in [0.2, 0.25) is 0 Å². The minimum Gasteiger partial charge on any atom is -0.316 e. The van der Waals surface area contributed by atoms with E-state index in [4.69, 9.17) is 0 Å². The van der Waals surface area contributed by atoms with Crippen molar-refractivity contribution in [2.24, 2.45) is 7.05 Å². The van der Waals surface area contributed by atoms with Crippen molar-refractivity contribution in [1.82, 2.24) is 29.5 Å². The summed E-state index contributed by atoms with van der Waals surface area (Å²) in [6.07, 6.45) is 9.45. The largest absolute Gasteiger partial charge is 0.323 e. The van der Waals surface area contributed by atoms with Gasteiger partial charge in [-0.1, -0.05) is 0 Å². The molecule has 2 saturated heterocycles. The van der Waals surface area contributed by atoms with Gasteiger partial charge in [-0.25, -0.2) is 9.78 Å². The molecule has 2 aliphatic rings. The van der Waals surface area contributed by atoms with Crippen LogP contribution in [0.15, 0.2) is 36.9 Å². The van der Waals surface area contributed by atoms with E-state index in [1.807, 2.05) is 36.6 Å². The molecule has 0 saturated carbocycles. The summed E-state index contributed by atoms with van der Waals surface area (Å²) in [6, 6.07) is 4.48. The van der Waals surface area contributed by atoms with Crippen LogP contribution in [0.5, 0.6) is 0 Å². The summed E-state index contributed by atoms with van der Waals surface area (Å²) < 4.78 is 1.77. The lowest BCUT2D eigenvalue weighted by Gasteiger charge is -2.39. The van der Waals surface area contributed by atoms with Gasteiger partial charge in [-0.15, -0.1) is 0 Å². The van der Waals surface area contributed by atoms with Gasteiger partial charge in [-0.3, -0.25) is 15.0 Å². The van der Waals surface area contributed by atoms with E-state index >= 15 is 0 Å². The number of nitrogens with one attached hydrogen (secondary N) is 1. The maximum absolute atomic E-state index is 12.9. The minimum atomic E-state index is -0.0520. The minimum absolute atomic E-state index is 0.0520. The number of hydrogen-bond donors (Lipinski definition) is 1. The molecule has 0 spiro atoms. The van der Waals surface area contributed by atoms with Crippen molar-refractivity contribution in [1.29, 1.82) is 0 Å². The van der Waals surface area contributed by atoms with E-state index in [1.165, 1.54) is 0 Å². The second-order valence-corrected chi connectivity index (χ2v) is 7.83. The van der Waals surface area contributed by atoms with Gasteiger partial charge in [0.1, 0.15) is 5.82 Å². The molecule has 2 bridgehead atoms. The summed E-state index contributed by atoms with van der Waals surface area (Å²) in [5, 5.41) is 8.15. The number of hydrogen-bond acceptors (Lipinski definition) is 5. The first-order valence-corrected chi connectivity index (χ1v) is 9.59. The lowest BCUT2D eigenvalue weighted by Crippen LogP contribution is -2.55. The van der Waals surface area contributed by atoms with Crippen molar-refractivity contribution < 1.29 is 4.79 Å². The third-order valence-corrected chi connectivity index (χ3v) is 5.74. The van der Waals surface area contributed by atoms with Gasteiger partial charge < -0.3 is 9.80 Å². The van der Waals surface area contributed by atoms with E-state index in [-0.39, 0.29) is 6.03 Å². The average Bonchev–Trinajstić information content (AvgIpc) is 3.22. The highest BCUT2D eigenvalue weighted by Gasteiger charge is 2.41. The molecule has 2 unspecified atom stereocenters. The Hall–Kier alpha value is -3.00. The van der Waals surface area contributed by atoms with Crippen LogP contribution in [0.2, 0.25) is 0 Å². The highest BCUT2D eigenvalue weighted by molar-refractivity contribution is 5.92. The molecule has 5 heterocycles. The summed E-state index contributed by atoms with van der Waals surface area (Å²) in [6.45, 7) is 1.88. The number of likely N-dealkylation sites (N-methyl/N-ethyl adjacent to an activating group) is 1. The van der Waals surface area contributed by atoms with Crippen molar-refractivity contribution in [2.45, 2.75) is 24.9 Å². The maximum atomic E-state index is 12.9. The van der Waals surface area contributed by atoms with E-state index in [1.54, 1.807) is 10.9 Å². The SMILES string of the molecule is CN1CC2CCC(C1)N2C(=O)Nc1cc2cc(-c3cnn(C)c3)cnc2cn1. The van der Waals surface area contributed by atoms with Gasteiger partial charge in [0, 0.05) is 61.1 Å². The number of amides is 2. The molecule has 0 aromatic carbocycles. The number of urea groups is 1. The predicted molar refractivity (Wildman–Crippen MR) is 107 cm³/mol. The van der Waals surface area contributed by atoms with Gasteiger partial charge in [-0.2, -0.15) is 5.10 Å².